The fourth-order valence-corrected chi connectivity index (χ4v) is 1.44. The molecule has 0 aromatic carbocycles. The van der Waals surface area contributed by atoms with Crippen LogP contribution in [-0.2, 0) is 9.53 Å². The monoisotopic (exact) mass is 211 g/mol. The molecule has 1 amide bonds. The molecule has 0 bridgehead atoms. The maximum atomic E-state index is 10.9. The van der Waals surface area contributed by atoms with Gasteiger partial charge >= 0.3 is 0 Å². The highest BCUT2D eigenvalue weighted by Gasteiger charge is 2.51. The van der Waals surface area contributed by atoms with Crippen LogP contribution in [0.5, 0.6) is 0 Å². The number of methoxy groups -OCH3 is 1. The van der Waals surface area contributed by atoms with Gasteiger partial charge in [0.15, 0.2) is 0 Å². The minimum Gasteiger partial charge on any atom is -0.375 e. The predicted octanol–water partition coefficient (Wildman–Crippen LogP) is 0.943. The molecule has 0 spiro atoms. The maximum Gasteiger partial charge on any atom is 0.245 e. The zero-order chi connectivity index (χ0) is 9.19. The lowest BCUT2D eigenvalue weighted by molar-refractivity contribution is -0.124. The first-order chi connectivity index (χ1) is 5.56. The van der Waals surface area contributed by atoms with Crippen molar-refractivity contribution in [1.82, 2.24) is 5.32 Å². The number of hydrogen-bond acceptors (Lipinski definition) is 2. The second kappa shape index (κ2) is 3.81. The lowest BCUT2D eigenvalue weighted by Crippen LogP contribution is -2.29. The molecule has 70 valence electrons. The minimum absolute atomic E-state index is 0.0876. The molecule has 0 aliphatic heterocycles. The molecule has 0 aromatic heterocycles. The average molecular weight is 212 g/mol. The number of carbonyl (C=O) groups excluding carboxylic acids is 1. The number of rotatable bonds is 4. The topological polar surface area (TPSA) is 38.3 Å². The molecular weight excluding hydrogens is 201 g/mol. The highest BCUT2D eigenvalue weighted by molar-refractivity contribution is 6.50. The van der Waals surface area contributed by atoms with E-state index in [9.17, 15) is 4.79 Å². The molecule has 3 nitrogen and oxygen atoms in total. The molecule has 1 aliphatic rings. The third-order valence-electron chi connectivity index (χ3n) is 1.78. The number of alkyl halides is 2. The van der Waals surface area contributed by atoms with Crippen molar-refractivity contribution in [2.75, 3.05) is 20.3 Å². The number of hydrogen-bond donors (Lipinski definition) is 1. The quantitative estimate of drug-likeness (QED) is 0.704. The Morgan fingerprint density at radius 3 is 2.75 bits per heavy atom. The summed E-state index contributed by atoms with van der Waals surface area (Å²) in [5, 5.41) is 2.67. The summed E-state index contributed by atoms with van der Waals surface area (Å²) in [6.45, 7) is 0.624. The first kappa shape index (κ1) is 10.1. The van der Waals surface area contributed by atoms with Crippen LogP contribution in [0.4, 0.5) is 0 Å². The Kier molecular flexibility index (Phi) is 3.21. The van der Waals surface area contributed by atoms with E-state index in [0.29, 0.717) is 6.54 Å². The van der Waals surface area contributed by atoms with Crippen LogP contribution in [0.25, 0.3) is 0 Å². The molecule has 1 rings (SSSR count). The summed E-state index contributed by atoms with van der Waals surface area (Å²) in [5.41, 5.74) is 0. The van der Waals surface area contributed by atoms with Crippen molar-refractivity contribution in [1.29, 1.82) is 0 Å². The molecule has 0 radical (unpaired) electrons. The molecule has 5 heteroatoms. The van der Waals surface area contributed by atoms with Gasteiger partial charge in [-0.2, -0.15) is 0 Å². The third kappa shape index (κ3) is 2.81. The van der Waals surface area contributed by atoms with Crippen LogP contribution < -0.4 is 5.32 Å². The summed E-state index contributed by atoms with van der Waals surface area (Å²) in [4.78, 5) is 10.9. The van der Waals surface area contributed by atoms with Crippen molar-refractivity contribution < 1.29 is 9.53 Å². The minimum atomic E-state index is -0.611. The number of ether oxygens (including phenoxy) is 1. The summed E-state index contributed by atoms with van der Waals surface area (Å²) >= 11 is 11.5. The standard InChI is InChI=1S/C7H11Cl2NO2/c1-12-4-6(11)10-3-5-2-7(5,8)9/h5H,2-4H2,1H3,(H,10,11). The number of nitrogens with one attached hydrogen (secondary N) is 1. The van der Waals surface area contributed by atoms with Gasteiger partial charge in [-0.1, -0.05) is 0 Å². The fourth-order valence-electron chi connectivity index (χ4n) is 0.910. The lowest BCUT2D eigenvalue weighted by Gasteiger charge is -2.03. The van der Waals surface area contributed by atoms with Gasteiger partial charge in [-0.25, -0.2) is 0 Å². The van der Waals surface area contributed by atoms with Crippen molar-refractivity contribution >= 4 is 29.1 Å². The molecule has 0 heterocycles. The van der Waals surface area contributed by atoms with E-state index in [2.05, 4.69) is 10.1 Å². The predicted molar refractivity (Wildman–Crippen MR) is 47.4 cm³/mol. The van der Waals surface area contributed by atoms with Crippen LogP contribution in [0.1, 0.15) is 6.42 Å². The molecule has 1 aliphatic carbocycles. The molecule has 1 N–H and O–H groups in total. The summed E-state index contributed by atoms with van der Waals surface area (Å²) in [5.74, 6) is 0.0650. The first-order valence-electron chi connectivity index (χ1n) is 3.69. The molecule has 0 saturated heterocycles. The van der Waals surface area contributed by atoms with Crippen LogP contribution in [0.3, 0.4) is 0 Å². The van der Waals surface area contributed by atoms with Gasteiger partial charge in [0, 0.05) is 19.6 Å². The van der Waals surface area contributed by atoms with E-state index in [-0.39, 0.29) is 18.4 Å². The second-order valence-corrected chi connectivity index (χ2v) is 4.44. The number of carbonyl (C=O) groups is 1. The summed E-state index contributed by atoms with van der Waals surface area (Å²) in [6.07, 6.45) is 0.753. The molecule has 1 saturated carbocycles. The van der Waals surface area contributed by atoms with Gasteiger partial charge in [-0.3, -0.25) is 4.79 Å². The highest BCUT2D eigenvalue weighted by atomic mass is 35.5. The SMILES string of the molecule is COCC(=O)NCC1CC1(Cl)Cl. The summed E-state index contributed by atoms with van der Waals surface area (Å²) in [7, 11) is 1.48. The van der Waals surface area contributed by atoms with Crippen molar-refractivity contribution in [2.24, 2.45) is 5.92 Å². The van der Waals surface area contributed by atoms with Gasteiger partial charge in [-0.05, 0) is 6.42 Å². The Labute approximate surface area is 81.4 Å². The van der Waals surface area contributed by atoms with Crippen molar-refractivity contribution in [3.63, 3.8) is 0 Å². The molecule has 0 aromatic rings. The summed E-state index contributed by atoms with van der Waals surface area (Å²) < 4.78 is 4.02. The fraction of sp³-hybridized carbons (Fsp3) is 0.857. The first-order valence-corrected chi connectivity index (χ1v) is 4.45. The van der Waals surface area contributed by atoms with Crippen LogP contribution >= 0.6 is 23.2 Å². The van der Waals surface area contributed by atoms with Crippen LogP contribution in [-0.4, -0.2) is 30.5 Å². The largest absolute Gasteiger partial charge is 0.375 e. The molecule has 1 unspecified atom stereocenters. The molecule has 12 heavy (non-hydrogen) atoms. The second-order valence-electron chi connectivity index (χ2n) is 2.90. The molecular formula is C7H11Cl2NO2. The average Bonchev–Trinajstić information content (AvgIpc) is 2.56. The van der Waals surface area contributed by atoms with Gasteiger partial charge in [0.25, 0.3) is 0 Å². The smallest absolute Gasteiger partial charge is 0.245 e. The zero-order valence-corrected chi connectivity index (χ0v) is 8.28. The van der Waals surface area contributed by atoms with E-state index in [0.717, 1.165) is 6.42 Å². The Bertz CT molecular complexity index is 184. The lowest BCUT2D eigenvalue weighted by atomic mass is 10.4. The third-order valence-corrected chi connectivity index (χ3v) is 2.70. The van der Waals surface area contributed by atoms with Gasteiger partial charge in [0.05, 0.1) is 0 Å². The van der Waals surface area contributed by atoms with Crippen LogP contribution in [0, 0.1) is 5.92 Å². The Balaban J connectivity index is 2.07. The highest BCUT2D eigenvalue weighted by Crippen LogP contribution is 2.52. The van der Waals surface area contributed by atoms with E-state index in [4.69, 9.17) is 23.2 Å². The normalized spacial score (nSPS) is 25.1. The van der Waals surface area contributed by atoms with Gasteiger partial charge in [-0.15, -0.1) is 23.2 Å². The van der Waals surface area contributed by atoms with E-state index in [1.165, 1.54) is 7.11 Å². The van der Waals surface area contributed by atoms with Crippen molar-refractivity contribution in [2.45, 2.75) is 10.8 Å². The van der Waals surface area contributed by atoms with Crippen LogP contribution in [0.2, 0.25) is 0 Å². The van der Waals surface area contributed by atoms with E-state index in [1.54, 1.807) is 0 Å². The maximum absolute atomic E-state index is 10.9. The van der Waals surface area contributed by atoms with Gasteiger partial charge < -0.3 is 10.1 Å². The number of halogens is 2. The number of amides is 1. The Morgan fingerprint density at radius 1 is 1.75 bits per heavy atom. The van der Waals surface area contributed by atoms with Crippen LogP contribution in [0.15, 0.2) is 0 Å². The Hall–Kier alpha value is 0.01000. The van der Waals surface area contributed by atoms with Gasteiger partial charge in [0.2, 0.25) is 5.91 Å². The molecule has 1 atom stereocenters. The summed E-state index contributed by atoms with van der Waals surface area (Å²) in [6, 6.07) is 0. The van der Waals surface area contributed by atoms with E-state index in [1.807, 2.05) is 0 Å². The van der Waals surface area contributed by atoms with Crippen molar-refractivity contribution in [3.8, 4) is 0 Å². The van der Waals surface area contributed by atoms with Gasteiger partial charge in [0.1, 0.15) is 10.9 Å². The zero-order valence-electron chi connectivity index (χ0n) is 6.77. The Morgan fingerprint density at radius 2 is 2.33 bits per heavy atom. The van der Waals surface area contributed by atoms with E-state index >= 15 is 0 Å². The molecule has 1 fully saturated rings. The van der Waals surface area contributed by atoms with Crippen molar-refractivity contribution in [3.05, 3.63) is 0 Å². The van der Waals surface area contributed by atoms with E-state index < -0.39 is 4.33 Å².